The second kappa shape index (κ2) is 10.5. The van der Waals surface area contributed by atoms with Crippen molar-refractivity contribution in [3.63, 3.8) is 0 Å². The van der Waals surface area contributed by atoms with Crippen molar-refractivity contribution in [2.45, 2.75) is 37.5 Å². The fourth-order valence-electron chi connectivity index (χ4n) is 3.49. The summed E-state index contributed by atoms with van der Waals surface area (Å²) < 4.78 is 0. The zero-order valence-corrected chi connectivity index (χ0v) is 16.7. The molecule has 0 aliphatic heterocycles. The van der Waals surface area contributed by atoms with Crippen LogP contribution < -0.4 is 11.1 Å². The molecule has 6 heteroatoms. The fourth-order valence-corrected chi connectivity index (χ4v) is 3.49. The second-order valence-electron chi connectivity index (χ2n) is 7.42. The van der Waals surface area contributed by atoms with Gasteiger partial charge in [-0.25, -0.2) is 4.79 Å². The molecule has 3 aromatic rings. The Kier molecular flexibility index (Phi) is 7.54. The summed E-state index contributed by atoms with van der Waals surface area (Å²) in [6, 6.07) is 22.4. The molecule has 30 heavy (non-hydrogen) atoms. The topological polar surface area (TPSA) is 108 Å². The lowest BCUT2D eigenvalue weighted by Crippen LogP contribution is -2.44. The lowest BCUT2D eigenvalue weighted by atomic mass is 9.94. The van der Waals surface area contributed by atoms with Crippen LogP contribution in [0.25, 0.3) is 11.3 Å². The van der Waals surface area contributed by atoms with E-state index in [-0.39, 0.29) is 6.42 Å². The van der Waals surface area contributed by atoms with Crippen molar-refractivity contribution < 1.29 is 15.0 Å². The molecule has 0 saturated carbocycles. The predicted molar refractivity (Wildman–Crippen MR) is 117 cm³/mol. The molecule has 5 N–H and O–H groups in total. The van der Waals surface area contributed by atoms with Crippen molar-refractivity contribution in [1.82, 2.24) is 10.3 Å². The summed E-state index contributed by atoms with van der Waals surface area (Å²) in [5, 5.41) is 22.3. The summed E-state index contributed by atoms with van der Waals surface area (Å²) in [5.74, 6) is 0. The average Bonchev–Trinajstić information content (AvgIpc) is 2.75. The summed E-state index contributed by atoms with van der Waals surface area (Å²) in [4.78, 5) is 15.6. The van der Waals surface area contributed by atoms with Gasteiger partial charge in [-0.3, -0.25) is 4.98 Å². The minimum Gasteiger partial charge on any atom is -0.465 e. The molecule has 6 nitrogen and oxygen atoms in total. The summed E-state index contributed by atoms with van der Waals surface area (Å²) in [6.45, 7) is 0. The normalized spacial score (nSPS) is 13.9. The molecule has 1 heterocycles. The number of nitrogens with two attached hydrogens (primary N) is 1. The number of hydrogen-bond donors (Lipinski definition) is 4. The smallest absolute Gasteiger partial charge is 0.404 e. The van der Waals surface area contributed by atoms with E-state index in [1.165, 1.54) is 0 Å². The molecule has 3 atom stereocenters. The molecule has 0 fully saturated rings. The second-order valence-corrected chi connectivity index (χ2v) is 7.42. The minimum atomic E-state index is -1.12. The van der Waals surface area contributed by atoms with Crippen LogP contribution in [0.2, 0.25) is 0 Å². The van der Waals surface area contributed by atoms with Crippen LogP contribution in [-0.4, -0.2) is 39.5 Å². The van der Waals surface area contributed by atoms with Gasteiger partial charge in [-0.1, -0.05) is 60.7 Å². The highest BCUT2D eigenvalue weighted by atomic mass is 16.4. The van der Waals surface area contributed by atoms with E-state index in [0.717, 1.165) is 22.4 Å². The zero-order chi connectivity index (χ0) is 21.3. The van der Waals surface area contributed by atoms with Crippen molar-refractivity contribution in [1.29, 1.82) is 0 Å². The van der Waals surface area contributed by atoms with Crippen LogP contribution in [0, 0.1) is 0 Å². The molecule has 0 spiro atoms. The molecule has 1 amide bonds. The molecule has 156 valence electrons. The van der Waals surface area contributed by atoms with E-state index in [1.807, 2.05) is 72.8 Å². The number of nitrogens with zero attached hydrogens (tertiary/aromatic N) is 1. The summed E-state index contributed by atoms with van der Waals surface area (Å²) in [5.41, 5.74) is 10.1. The monoisotopic (exact) mass is 405 g/mol. The standard InChI is InChI=1S/C24H27N3O3/c25-21(15-17-6-2-1-3-7-17)23(28)16-20(27-24(29)30)14-18-9-11-19(12-10-18)22-8-4-5-13-26-22/h1-13,20-21,23,27-28H,14-16,25H2,(H,29,30)/t20-,21-,23-/m0/s1. The first-order valence-corrected chi connectivity index (χ1v) is 9.98. The molecule has 0 radical (unpaired) electrons. The maximum Gasteiger partial charge on any atom is 0.404 e. The lowest BCUT2D eigenvalue weighted by Gasteiger charge is -2.24. The number of aliphatic hydroxyl groups excluding tert-OH is 1. The summed E-state index contributed by atoms with van der Waals surface area (Å²) >= 11 is 0. The zero-order valence-electron chi connectivity index (χ0n) is 16.7. The Morgan fingerprint density at radius 3 is 2.23 bits per heavy atom. The van der Waals surface area contributed by atoms with Gasteiger partial charge in [0, 0.05) is 23.8 Å². The van der Waals surface area contributed by atoms with Gasteiger partial charge < -0.3 is 21.3 Å². The van der Waals surface area contributed by atoms with Crippen LogP contribution in [0.1, 0.15) is 17.5 Å². The van der Waals surface area contributed by atoms with Gasteiger partial charge in [0.05, 0.1) is 11.8 Å². The van der Waals surface area contributed by atoms with Crippen LogP contribution in [-0.2, 0) is 12.8 Å². The summed E-state index contributed by atoms with van der Waals surface area (Å²) in [6.07, 6.45) is 1.03. The number of pyridine rings is 1. The molecular weight excluding hydrogens is 378 g/mol. The van der Waals surface area contributed by atoms with Crippen LogP contribution in [0.15, 0.2) is 79.0 Å². The Bertz CT molecular complexity index is 917. The van der Waals surface area contributed by atoms with Crippen molar-refractivity contribution in [3.05, 3.63) is 90.1 Å². The van der Waals surface area contributed by atoms with E-state index in [9.17, 15) is 15.0 Å². The van der Waals surface area contributed by atoms with Crippen molar-refractivity contribution >= 4 is 6.09 Å². The van der Waals surface area contributed by atoms with Gasteiger partial charge in [-0.2, -0.15) is 0 Å². The number of carbonyl (C=O) groups is 1. The van der Waals surface area contributed by atoms with Gasteiger partial charge in [0.15, 0.2) is 0 Å². The fraction of sp³-hybridized carbons (Fsp3) is 0.250. The molecule has 1 aromatic heterocycles. The SMILES string of the molecule is N[C@@H](Cc1ccccc1)[C@@H](O)C[C@H](Cc1ccc(-c2ccccn2)cc1)NC(=O)O. The maximum atomic E-state index is 11.2. The molecule has 2 aromatic carbocycles. The molecule has 0 unspecified atom stereocenters. The van der Waals surface area contributed by atoms with Crippen molar-refractivity contribution in [2.24, 2.45) is 5.73 Å². The first-order chi connectivity index (χ1) is 14.5. The number of benzene rings is 2. The Hall–Kier alpha value is -3.22. The quantitative estimate of drug-likeness (QED) is 0.437. The highest BCUT2D eigenvalue weighted by Crippen LogP contribution is 2.19. The Morgan fingerprint density at radius 1 is 0.933 bits per heavy atom. The van der Waals surface area contributed by atoms with E-state index in [4.69, 9.17) is 5.73 Å². The predicted octanol–water partition coefficient (Wildman–Crippen LogP) is 3.25. The highest BCUT2D eigenvalue weighted by molar-refractivity contribution is 5.65. The summed E-state index contributed by atoms with van der Waals surface area (Å²) in [7, 11) is 0. The average molecular weight is 405 g/mol. The van der Waals surface area contributed by atoms with Crippen LogP contribution in [0.3, 0.4) is 0 Å². The molecule has 0 aliphatic rings. The highest BCUT2D eigenvalue weighted by Gasteiger charge is 2.22. The third-order valence-corrected chi connectivity index (χ3v) is 5.06. The molecule has 0 aliphatic carbocycles. The number of aromatic nitrogens is 1. The van der Waals surface area contributed by atoms with Crippen molar-refractivity contribution in [3.8, 4) is 11.3 Å². The molecule has 0 bridgehead atoms. The number of rotatable bonds is 9. The minimum absolute atomic E-state index is 0.238. The van der Waals surface area contributed by atoms with Gasteiger partial charge in [0.25, 0.3) is 0 Å². The number of amides is 1. The van der Waals surface area contributed by atoms with Crippen molar-refractivity contribution in [2.75, 3.05) is 0 Å². The Morgan fingerprint density at radius 2 is 1.60 bits per heavy atom. The number of nitrogens with one attached hydrogen (secondary N) is 1. The van der Waals surface area contributed by atoms with Gasteiger partial charge in [-0.15, -0.1) is 0 Å². The first kappa shape index (κ1) is 21.5. The van der Waals surface area contributed by atoms with Gasteiger partial charge in [-0.05, 0) is 42.5 Å². The largest absolute Gasteiger partial charge is 0.465 e. The molecule has 0 saturated heterocycles. The lowest BCUT2D eigenvalue weighted by molar-refractivity contribution is 0.119. The van der Waals surface area contributed by atoms with E-state index in [2.05, 4.69) is 10.3 Å². The molecular formula is C24H27N3O3. The van der Waals surface area contributed by atoms with Crippen LogP contribution in [0.5, 0.6) is 0 Å². The number of carboxylic acid groups (broad SMARTS) is 1. The maximum absolute atomic E-state index is 11.2. The number of aliphatic hydroxyl groups is 1. The van der Waals surface area contributed by atoms with E-state index >= 15 is 0 Å². The third kappa shape index (κ3) is 6.40. The van der Waals surface area contributed by atoms with E-state index in [1.54, 1.807) is 6.20 Å². The third-order valence-electron chi connectivity index (χ3n) is 5.06. The molecule has 3 rings (SSSR count). The van der Waals surface area contributed by atoms with Gasteiger partial charge >= 0.3 is 6.09 Å². The van der Waals surface area contributed by atoms with Crippen LogP contribution in [0.4, 0.5) is 4.79 Å². The van der Waals surface area contributed by atoms with Gasteiger partial charge in [0.1, 0.15) is 0 Å². The first-order valence-electron chi connectivity index (χ1n) is 9.98. The van der Waals surface area contributed by atoms with E-state index in [0.29, 0.717) is 12.8 Å². The number of hydrogen-bond acceptors (Lipinski definition) is 4. The van der Waals surface area contributed by atoms with Crippen LogP contribution >= 0.6 is 0 Å². The Balaban J connectivity index is 1.63. The van der Waals surface area contributed by atoms with E-state index < -0.39 is 24.3 Å². The van der Waals surface area contributed by atoms with Gasteiger partial charge in [0.2, 0.25) is 0 Å². The Labute approximate surface area is 176 Å².